The van der Waals surface area contributed by atoms with Crippen LogP contribution >= 0.6 is 0 Å². The van der Waals surface area contributed by atoms with Gasteiger partial charge in [0.15, 0.2) is 6.10 Å². The van der Waals surface area contributed by atoms with Gasteiger partial charge in [0, 0.05) is 19.1 Å². The van der Waals surface area contributed by atoms with Crippen molar-refractivity contribution in [3.05, 3.63) is 34.2 Å². The Bertz CT molecular complexity index is 279. The summed E-state index contributed by atoms with van der Waals surface area (Å²) in [5, 5.41) is 10.1. The van der Waals surface area contributed by atoms with Crippen LogP contribution in [0.25, 0.3) is 0 Å². The van der Waals surface area contributed by atoms with Crippen LogP contribution in [0, 0.1) is 10.1 Å². The van der Waals surface area contributed by atoms with E-state index in [1.54, 1.807) is 0 Å². The number of nitrogens with zero attached hydrogens (tertiary/aromatic N) is 1. The van der Waals surface area contributed by atoms with Crippen LogP contribution < -0.4 is 0 Å². The molecular weight excluding hydrogens is 162 g/mol. The number of ether oxygens (including phenoxy) is 1. The Labute approximate surface area is 68.5 Å². The van der Waals surface area contributed by atoms with Gasteiger partial charge in [0.05, 0.1) is 11.2 Å². The highest BCUT2D eigenvalue weighted by molar-refractivity contribution is 5.96. The molecule has 5 nitrogen and oxygen atoms in total. The number of rotatable bonds is 2. The Morgan fingerprint density at radius 2 is 2.50 bits per heavy atom. The summed E-state index contributed by atoms with van der Waals surface area (Å²) in [5.41, 5.74) is -0.0861. The number of allylic oxidation sites excluding steroid dienone is 1. The van der Waals surface area contributed by atoms with Crippen molar-refractivity contribution < 1.29 is 14.5 Å². The molecule has 1 unspecified atom stereocenters. The zero-order chi connectivity index (χ0) is 9.14. The van der Waals surface area contributed by atoms with Gasteiger partial charge in [-0.1, -0.05) is 0 Å². The molecular formula is C7H7NO4. The van der Waals surface area contributed by atoms with E-state index in [2.05, 4.69) is 0 Å². The Morgan fingerprint density at radius 3 is 2.92 bits per heavy atom. The average Bonchev–Trinajstić information content (AvgIpc) is 2.36. The van der Waals surface area contributed by atoms with E-state index in [-0.39, 0.29) is 11.5 Å². The first-order valence-corrected chi connectivity index (χ1v) is 3.30. The van der Waals surface area contributed by atoms with E-state index in [9.17, 15) is 14.9 Å². The van der Waals surface area contributed by atoms with E-state index in [4.69, 9.17) is 4.74 Å². The molecule has 12 heavy (non-hydrogen) atoms. The molecule has 1 aliphatic heterocycles. The van der Waals surface area contributed by atoms with E-state index in [1.807, 2.05) is 0 Å². The van der Waals surface area contributed by atoms with Crippen molar-refractivity contribution in [2.45, 2.75) is 13.0 Å². The topological polar surface area (TPSA) is 69.4 Å². The van der Waals surface area contributed by atoms with Crippen LogP contribution in [0.15, 0.2) is 24.1 Å². The van der Waals surface area contributed by atoms with E-state index < -0.39 is 11.0 Å². The van der Waals surface area contributed by atoms with E-state index in [0.717, 1.165) is 0 Å². The number of carbonyl (C=O) groups excluding carboxylic acids is 1. The molecule has 64 valence electrons. The minimum absolute atomic E-state index is 0.0861. The Balaban J connectivity index is 2.68. The first-order chi connectivity index (χ1) is 5.61. The van der Waals surface area contributed by atoms with Crippen molar-refractivity contribution in [1.29, 1.82) is 0 Å². The van der Waals surface area contributed by atoms with Gasteiger partial charge in [0.1, 0.15) is 0 Å². The van der Waals surface area contributed by atoms with Crippen LogP contribution in [-0.2, 0) is 9.53 Å². The summed E-state index contributed by atoms with van der Waals surface area (Å²) in [4.78, 5) is 20.4. The van der Waals surface area contributed by atoms with Gasteiger partial charge >= 0.3 is 0 Å². The second kappa shape index (κ2) is 3.17. The SMILES string of the molecule is CC(=CC1OC=CC1=O)[N+](=O)[O-]. The van der Waals surface area contributed by atoms with E-state index in [1.165, 1.54) is 25.3 Å². The lowest BCUT2D eigenvalue weighted by Gasteiger charge is -2.00. The Hall–Kier alpha value is -1.65. The van der Waals surface area contributed by atoms with Gasteiger partial charge in [0.25, 0.3) is 0 Å². The zero-order valence-corrected chi connectivity index (χ0v) is 6.39. The smallest absolute Gasteiger partial charge is 0.243 e. The van der Waals surface area contributed by atoms with Crippen molar-refractivity contribution in [3.63, 3.8) is 0 Å². The molecule has 5 heteroatoms. The van der Waals surface area contributed by atoms with Crippen molar-refractivity contribution in [2.24, 2.45) is 0 Å². The number of carbonyl (C=O) groups is 1. The molecule has 1 aliphatic rings. The summed E-state index contributed by atoms with van der Waals surface area (Å²) < 4.78 is 4.78. The second-order valence-electron chi connectivity index (χ2n) is 2.33. The van der Waals surface area contributed by atoms with Crippen molar-refractivity contribution >= 4 is 5.78 Å². The molecule has 0 saturated carbocycles. The fraction of sp³-hybridized carbons (Fsp3) is 0.286. The van der Waals surface area contributed by atoms with Crippen molar-refractivity contribution in [2.75, 3.05) is 0 Å². The quantitative estimate of drug-likeness (QED) is 0.449. The average molecular weight is 169 g/mol. The van der Waals surface area contributed by atoms with Gasteiger partial charge in [-0.15, -0.1) is 0 Å². The van der Waals surface area contributed by atoms with E-state index >= 15 is 0 Å². The predicted molar refractivity (Wildman–Crippen MR) is 39.8 cm³/mol. The summed E-state index contributed by atoms with van der Waals surface area (Å²) in [6.45, 7) is 1.31. The lowest BCUT2D eigenvalue weighted by atomic mass is 10.2. The molecule has 0 N–H and O–H groups in total. The molecule has 0 aromatic rings. The molecule has 0 spiro atoms. The number of nitro groups is 1. The van der Waals surface area contributed by atoms with Gasteiger partial charge in [-0.25, -0.2) is 0 Å². The van der Waals surface area contributed by atoms with Gasteiger partial charge in [-0.3, -0.25) is 14.9 Å². The highest BCUT2D eigenvalue weighted by Crippen LogP contribution is 2.08. The monoisotopic (exact) mass is 169 g/mol. The number of hydrogen-bond acceptors (Lipinski definition) is 4. The highest BCUT2D eigenvalue weighted by atomic mass is 16.6. The van der Waals surface area contributed by atoms with Crippen LogP contribution in [0.4, 0.5) is 0 Å². The summed E-state index contributed by atoms with van der Waals surface area (Å²) in [5.74, 6) is -0.267. The largest absolute Gasteiger partial charge is 0.485 e. The maximum atomic E-state index is 10.9. The van der Waals surface area contributed by atoms with Crippen LogP contribution in [0.2, 0.25) is 0 Å². The van der Waals surface area contributed by atoms with Gasteiger partial charge in [-0.05, 0) is 0 Å². The Morgan fingerprint density at radius 1 is 1.83 bits per heavy atom. The van der Waals surface area contributed by atoms with Crippen molar-refractivity contribution in [3.8, 4) is 0 Å². The molecule has 1 rings (SSSR count). The van der Waals surface area contributed by atoms with Crippen LogP contribution in [0.3, 0.4) is 0 Å². The molecule has 0 saturated heterocycles. The summed E-state index contributed by atoms with van der Waals surface area (Å²) in [7, 11) is 0. The number of hydrogen-bond donors (Lipinski definition) is 0. The highest BCUT2D eigenvalue weighted by Gasteiger charge is 2.21. The van der Waals surface area contributed by atoms with Crippen LogP contribution in [0.5, 0.6) is 0 Å². The molecule has 0 amide bonds. The summed E-state index contributed by atoms with van der Waals surface area (Å²) in [6.07, 6.45) is 2.85. The molecule has 1 heterocycles. The van der Waals surface area contributed by atoms with Gasteiger partial charge in [0.2, 0.25) is 11.5 Å². The molecule has 0 fully saturated rings. The molecule has 0 radical (unpaired) electrons. The molecule has 0 aliphatic carbocycles. The number of ketones is 1. The minimum Gasteiger partial charge on any atom is -0.485 e. The van der Waals surface area contributed by atoms with Crippen LogP contribution in [-0.4, -0.2) is 16.8 Å². The zero-order valence-electron chi connectivity index (χ0n) is 6.39. The first kappa shape index (κ1) is 8.45. The van der Waals surface area contributed by atoms with Gasteiger partial charge in [-0.2, -0.15) is 0 Å². The predicted octanol–water partition coefficient (Wildman–Crippen LogP) is 0.648. The third-order valence-electron chi connectivity index (χ3n) is 1.42. The Kier molecular flexibility index (Phi) is 2.23. The maximum absolute atomic E-state index is 10.9. The maximum Gasteiger partial charge on any atom is 0.243 e. The summed E-state index contributed by atoms with van der Waals surface area (Å²) in [6, 6.07) is 0. The van der Waals surface area contributed by atoms with Gasteiger partial charge < -0.3 is 4.74 Å². The second-order valence-corrected chi connectivity index (χ2v) is 2.33. The van der Waals surface area contributed by atoms with Crippen LogP contribution in [0.1, 0.15) is 6.92 Å². The molecule has 0 aromatic heterocycles. The minimum atomic E-state index is -0.810. The molecule has 1 atom stereocenters. The fourth-order valence-electron chi connectivity index (χ4n) is 0.754. The normalized spacial score (nSPS) is 22.6. The first-order valence-electron chi connectivity index (χ1n) is 3.30. The standard InChI is InChI=1S/C7H7NO4/c1-5(8(10)11)4-7-6(9)2-3-12-7/h2-4,7H,1H3. The fourth-order valence-corrected chi connectivity index (χ4v) is 0.754. The third kappa shape index (κ3) is 1.69. The lowest BCUT2D eigenvalue weighted by molar-refractivity contribution is -0.424. The summed E-state index contributed by atoms with van der Waals surface area (Å²) >= 11 is 0. The van der Waals surface area contributed by atoms with E-state index in [0.29, 0.717) is 0 Å². The third-order valence-corrected chi connectivity index (χ3v) is 1.42. The van der Waals surface area contributed by atoms with Crippen molar-refractivity contribution in [1.82, 2.24) is 0 Å². The lowest BCUT2D eigenvalue weighted by Crippen LogP contribution is -2.14. The molecule has 0 aromatic carbocycles. The molecule has 0 bridgehead atoms.